The van der Waals surface area contributed by atoms with E-state index >= 15 is 0 Å². The van der Waals surface area contributed by atoms with Crippen LogP contribution >= 0.6 is 15.8 Å². The molecule has 0 saturated carbocycles. The van der Waals surface area contributed by atoms with Gasteiger partial charge in [0.1, 0.15) is 12.6 Å². The molecule has 0 aromatic carbocycles. The van der Waals surface area contributed by atoms with E-state index in [1.54, 1.807) is 0 Å². The van der Waals surface area contributed by atoms with Crippen molar-refractivity contribution >= 4 is 28.1 Å². The van der Waals surface area contributed by atoms with E-state index in [1.807, 2.05) is 6.79 Å². The zero-order valence-corrected chi connectivity index (χ0v) is 21.9. The molecule has 2 fully saturated rings. The Bertz CT molecular complexity index is 520. The first-order chi connectivity index (χ1) is 13.8. The number of rotatable bonds is 5. The third-order valence-electron chi connectivity index (χ3n) is 6.25. The summed E-state index contributed by atoms with van der Waals surface area (Å²) in [5.74, 6) is 2.69. The summed E-state index contributed by atoms with van der Waals surface area (Å²) in [6.07, 6.45) is 8.21. The fraction of sp³-hybridized carbons (Fsp3) is 0.913. The first-order valence-electron chi connectivity index (χ1n) is 11.6. The van der Waals surface area contributed by atoms with E-state index in [-0.39, 0.29) is 15.8 Å². The fourth-order valence-electron chi connectivity index (χ4n) is 5.00. The van der Waals surface area contributed by atoms with Crippen molar-refractivity contribution < 1.29 is 4.79 Å². The molecule has 3 aliphatic rings. The van der Waals surface area contributed by atoms with Crippen LogP contribution in [0.2, 0.25) is 0 Å². The van der Waals surface area contributed by atoms with Crippen molar-refractivity contribution in [3.8, 4) is 0 Å². The highest BCUT2D eigenvalue weighted by Gasteiger charge is 2.48. The van der Waals surface area contributed by atoms with Gasteiger partial charge in [-0.15, -0.1) is 5.10 Å². The molecule has 2 saturated heterocycles. The van der Waals surface area contributed by atoms with Crippen LogP contribution in [0.25, 0.3) is 0 Å². The van der Waals surface area contributed by atoms with E-state index in [2.05, 4.69) is 65.7 Å². The predicted molar refractivity (Wildman–Crippen MR) is 132 cm³/mol. The Kier molecular flexibility index (Phi) is 12.3. The monoisotopic (exact) mass is 441 g/mol. The van der Waals surface area contributed by atoms with Gasteiger partial charge in [0, 0.05) is 0 Å². The van der Waals surface area contributed by atoms with Crippen LogP contribution in [-0.2, 0) is 4.79 Å². The van der Waals surface area contributed by atoms with Crippen LogP contribution in [0.5, 0.6) is 0 Å². The zero-order valence-electron chi connectivity index (χ0n) is 20.1. The van der Waals surface area contributed by atoms with Crippen molar-refractivity contribution in [1.29, 1.82) is 0 Å². The Morgan fingerprint density at radius 1 is 0.897 bits per heavy atom. The molecule has 6 heteroatoms. The second-order valence-corrected chi connectivity index (χ2v) is 14.8. The molecule has 3 rings (SSSR count). The minimum Gasteiger partial charge on any atom is -0.307 e. The van der Waals surface area contributed by atoms with Crippen LogP contribution < -0.4 is 0 Å². The van der Waals surface area contributed by atoms with E-state index in [9.17, 15) is 0 Å². The second-order valence-electron chi connectivity index (χ2n) is 9.54. The van der Waals surface area contributed by atoms with Gasteiger partial charge in [0.05, 0.1) is 5.45 Å². The van der Waals surface area contributed by atoms with E-state index < -0.39 is 0 Å². The SMILES string of the molecule is C=O.CC(C)[C@H]1CCCP1C1=NN=NC1P1[C@@H](C(C)C)CC[C@@H]1C(C)C.CCC. The topological polar surface area (TPSA) is 54.1 Å². The van der Waals surface area contributed by atoms with Crippen LogP contribution in [0.1, 0.15) is 87.5 Å². The molecule has 0 spiro atoms. The average molecular weight is 442 g/mol. The van der Waals surface area contributed by atoms with E-state index in [0.717, 1.165) is 34.7 Å². The van der Waals surface area contributed by atoms with Gasteiger partial charge in [-0.3, -0.25) is 0 Å². The minimum absolute atomic E-state index is 0.102. The number of carbonyl (C=O) groups is 1. The van der Waals surface area contributed by atoms with Gasteiger partial charge in [-0.2, -0.15) is 5.11 Å². The lowest BCUT2D eigenvalue weighted by Gasteiger charge is -2.35. The van der Waals surface area contributed by atoms with E-state index in [1.165, 1.54) is 43.7 Å². The number of carbonyl (C=O) groups excluding carboxylic acids is 1. The molecule has 29 heavy (non-hydrogen) atoms. The van der Waals surface area contributed by atoms with Gasteiger partial charge >= 0.3 is 0 Å². The maximum Gasteiger partial charge on any atom is 0.136 e. The van der Waals surface area contributed by atoms with Gasteiger partial charge in [-0.05, 0) is 71.8 Å². The summed E-state index contributed by atoms with van der Waals surface area (Å²) in [7, 11) is -0.223. The highest BCUT2D eigenvalue weighted by atomic mass is 31.1. The zero-order chi connectivity index (χ0) is 22.1. The van der Waals surface area contributed by atoms with Crippen molar-refractivity contribution in [1.82, 2.24) is 0 Å². The molecular weight excluding hydrogens is 396 g/mol. The standard InChI is InChI=1S/C19H35N3P2.C3H8.CH2O/c1-12(2)15-8-7-11-23(15)18-19(21-22-20-18)24-16(13(3)4)9-10-17(24)14(5)6;1-3-2;1-2/h12-17,19H,7-11H2,1-6H3;3H2,1-2H3;1H2/t15-,16-,17-,19?,23?;;/m1../s1. The summed E-state index contributed by atoms with van der Waals surface area (Å²) in [6.45, 7) is 20.7. The highest BCUT2D eigenvalue weighted by Crippen LogP contribution is 2.68. The summed E-state index contributed by atoms with van der Waals surface area (Å²) in [5.41, 5.74) is 4.02. The van der Waals surface area contributed by atoms with Gasteiger partial charge in [0.2, 0.25) is 0 Å². The van der Waals surface area contributed by atoms with Gasteiger partial charge in [-0.25, -0.2) is 0 Å². The first-order valence-corrected chi connectivity index (χ1v) is 14.8. The fourth-order valence-corrected chi connectivity index (χ4v) is 13.0. The summed E-state index contributed by atoms with van der Waals surface area (Å²) in [6, 6.07) is 0. The summed E-state index contributed by atoms with van der Waals surface area (Å²) < 4.78 is 0. The molecule has 168 valence electrons. The number of hydrogen-bond donors (Lipinski definition) is 0. The number of nitrogens with zero attached hydrogens (tertiary/aromatic N) is 3. The molecule has 0 bridgehead atoms. The number of hydrogen-bond acceptors (Lipinski definition) is 4. The van der Waals surface area contributed by atoms with Crippen molar-refractivity contribution in [2.24, 2.45) is 33.2 Å². The molecule has 0 radical (unpaired) electrons. The van der Waals surface area contributed by atoms with Crippen molar-refractivity contribution in [2.45, 2.75) is 110 Å². The first kappa shape index (κ1) is 26.8. The molecule has 3 heterocycles. The molecular formula is C23H45N3OP2. The highest BCUT2D eigenvalue weighted by molar-refractivity contribution is 7.79. The lowest BCUT2D eigenvalue weighted by molar-refractivity contribution is -0.0979. The maximum absolute atomic E-state index is 8.00. The smallest absolute Gasteiger partial charge is 0.136 e. The van der Waals surface area contributed by atoms with E-state index in [4.69, 9.17) is 9.91 Å². The third-order valence-corrected chi connectivity index (χ3v) is 14.0. The normalized spacial score (nSPS) is 31.7. The molecule has 0 amide bonds. The second kappa shape index (κ2) is 13.3. The van der Waals surface area contributed by atoms with Crippen molar-refractivity contribution in [3.05, 3.63) is 0 Å². The van der Waals surface area contributed by atoms with Crippen LogP contribution in [0.4, 0.5) is 0 Å². The largest absolute Gasteiger partial charge is 0.307 e. The van der Waals surface area contributed by atoms with Gasteiger partial charge in [0.15, 0.2) is 0 Å². The Morgan fingerprint density at radius 3 is 1.83 bits per heavy atom. The maximum atomic E-state index is 8.00. The predicted octanol–water partition coefficient (Wildman–Crippen LogP) is 7.95. The lowest BCUT2D eigenvalue weighted by atomic mass is 10.0. The van der Waals surface area contributed by atoms with Crippen molar-refractivity contribution in [3.63, 3.8) is 0 Å². The molecule has 5 atom stereocenters. The quantitative estimate of drug-likeness (QED) is 0.399. The Labute approximate surface area is 182 Å². The van der Waals surface area contributed by atoms with Gasteiger partial charge in [0.25, 0.3) is 0 Å². The lowest BCUT2D eigenvalue weighted by Crippen LogP contribution is -2.27. The summed E-state index contributed by atoms with van der Waals surface area (Å²) in [5, 5.41) is 13.7. The molecule has 0 N–H and O–H groups in total. The summed E-state index contributed by atoms with van der Waals surface area (Å²) >= 11 is 0. The molecule has 0 aromatic rings. The van der Waals surface area contributed by atoms with Crippen LogP contribution in [0.3, 0.4) is 0 Å². The summed E-state index contributed by atoms with van der Waals surface area (Å²) in [4.78, 5) is 8.00. The Hall–Kier alpha value is -0.200. The molecule has 4 nitrogen and oxygen atoms in total. The molecule has 0 aromatic heterocycles. The molecule has 2 unspecified atom stereocenters. The molecule has 0 aliphatic carbocycles. The van der Waals surface area contributed by atoms with Gasteiger partial charge in [-0.1, -0.05) is 77.7 Å². The van der Waals surface area contributed by atoms with Crippen LogP contribution in [0, 0.1) is 17.8 Å². The third kappa shape index (κ3) is 6.64. The minimum atomic E-state index is -0.121. The average Bonchev–Trinajstić information content (AvgIpc) is 3.40. The van der Waals surface area contributed by atoms with Crippen LogP contribution in [-0.4, -0.2) is 41.2 Å². The van der Waals surface area contributed by atoms with Crippen molar-refractivity contribution in [2.75, 3.05) is 6.16 Å². The van der Waals surface area contributed by atoms with Gasteiger partial charge < -0.3 is 4.79 Å². The Morgan fingerprint density at radius 2 is 1.38 bits per heavy atom. The Balaban J connectivity index is 0.000000771. The van der Waals surface area contributed by atoms with Crippen LogP contribution in [0.15, 0.2) is 15.4 Å². The van der Waals surface area contributed by atoms with E-state index in [0.29, 0.717) is 5.78 Å². The molecule has 3 aliphatic heterocycles.